The minimum Gasteiger partial charge on any atom is -0.339 e. The lowest BCUT2D eigenvalue weighted by molar-refractivity contribution is -0.132. The zero-order chi connectivity index (χ0) is 15.4. The predicted molar refractivity (Wildman–Crippen MR) is 92.5 cm³/mol. The normalized spacial score (nSPS) is 14.2. The van der Waals surface area contributed by atoms with Crippen molar-refractivity contribution in [1.29, 1.82) is 0 Å². The molecule has 2 amide bonds. The molecule has 1 fully saturated rings. The van der Waals surface area contributed by atoms with Gasteiger partial charge in [0.15, 0.2) is 0 Å². The lowest BCUT2D eigenvalue weighted by Crippen LogP contribution is -2.49. The number of aryl methyl sites for hydroxylation is 1. The summed E-state index contributed by atoms with van der Waals surface area (Å²) in [7, 11) is 1.66. The first kappa shape index (κ1) is 18.9. The number of halogens is 2. The van der Waals surface area contributed by atoms with E-state index >= 15 is 0 Å². The summed E-state index contributed by atoms with van der Waals surface area (Å²) < 4.78 is 0.758. The summed E-state index contributed by atoms with van der Waals surface area (Å²) in [6, 6.07) is 5.58. The third-order valence-electron chi connectivity index (χ3n) is 3.54. The highest BCUT2D eigenvalue weighted by atomic mass is 79.9. The number of amides is 2. The zero-order valence-corrected chi connectivity index (χ0v) is 15.2. The molecule has 1 aliphatic heterocycles. The Hall–Kier alpha value is -1.11. The number of rotatable bonds is 3. The highest BCUT2D eigenvalue weighted by molar-refractivity contribution is 9.10. The van der Waals surface area contributed by atoms with E-state index in [4.69, 9.17) is 0 Å². The molecule has 0 aliphatic carbocycles. The minimum absolute atomic E-state index is 0. The number of hydrogen-bond acceptors (Lipinski definition) is 3. The minimum atomic E-state index is -0.148. The summed E-state index contributed by atoms with van der Waals surface area (Å²) in [5.41, 5.74) is 1.66. The van der Waals surface area contributed by atoms with Crippen molar-refractivity contribution in [3.63, 3.8) is 0 Å². The fraction of sp³-hybridized carbons (Fsp3) is 0.467. The van der Waals surface area contributed by atoms with Crippen LogP contribution in [0, 0.1) is 6.92 Å². The van der Waals surface area contributed by atoms with Gasteiger partial charge in [-0.25, -0.2) is 0 Å². The second-order valence-electron chi connectivity index (χ2n) is 5.28. The molecule has 0 bridgehead atoms. The first-order valence-corrected chi connectivity index (χ1v) is 7.78. The summed E-state index contributed by atoms with van der Waals surface area (Å²) >= 11 is 3.41. The molecule has 2 rings (SSSR count). The quantitative estimate of drug-likeness (QED) is 0.854. The van der Waals surface area contributed by atoms with E-state index in [9.17, 15) is 9.59 Å². The highest BCUT2D eigenvalue weighted by Gasteiger charge is 2.21. The van der Waals surface area contributed by atoms with Crippen molar-refractivity contribution < 1.29 is 9.59 Å². The van der Waals surface area contributed by atoms with Crippen molar-refractivity contribution in [1.82, 2.24) is 15.1 Å². The molecule has 1 N–H and O–H groups in total. The van der Waals surface area contributed by atoms with Crippen molar-refractivity contribution in [2.75, 3.05) is 39.8 Å². The van der Waals surface area contributed by atoms with E-state index in [-0.39, 0.29) is 30.8 Å². The van der Waals surface area contributed by atoms with Crippen LogP contribution >= 0.6 is 28.3 Å². The second kappa shape index (κ2) is 8.50. The topological polar surface area (TPSA) is 52.7 Å². The van der Waals surface area contributed by atoms with E-state index in [1.54, 1.807) is 18.0 Å². The maximum Gasteiger partial charge on any atom is 0.255 e. The third-order valence-corrected chi connectivity index (χ3v) is 4.20. The number of benzene rings is 1. The fourth-order valence-electron chi connectivity index (χ4n) is 2.29. The van der Waals surface area contributed by atoms with Crippen LogP contribution in [0.1, 0.15) is 15.9 Å². The van der Waals surface area contributed by atoms with Gasteiger partial charge in [-0.15, -0.1) is 12.4 Å². The number of carbonyl (C=O) groups excluding carboxylic acids is 2. The SMILES string of the molecule is Cc1ccc(C(=O)N(C)CC(=O)N2CCNCC2)c(Br)c1.Cl. The average molecular weight is 391 g/mol. The maximum atomic E-state index is 12.4. The van der Waals surface area contributed by atoms with Gasteiger partial charge in [0, 0.05) is 37.7 Å². The molecular weight excluding hydrogens is 370 g/mol. The van der Waals surface area contributed by atoms with E-state index in [0.29, 0.717) is 18.7 Å². The van der Waals surface area contributed by atoms with Gasteiger partial charge in [-0.1, -0.05) is 6.07 Å². The molecule has 0 unspecified atom stereocenters. The summed E-state index contributed by atoms with van der Waals surface area (Å²) in [5, 5.41) is 3.20. The largest absolute Gasteiger partial charge is 0.339 e. The molecule has 0 atom stereocenters. The molecule has 122 valence electrons. The number of carbonyl (C=O) groups is 2. The average Bonchev–Trinajstić information content (AvgIpc) is 2.47. The first-order valence-electron chi connectivity index (χ1n) is 6.99. The molecule has 1 aromatic rings. The Morgan fingerprint density at radius 1 is 1.32 bits per heavy atom. The molecule has 1 heterocycles. The Morgan fingerprint density at radius 2 is 1.95 bits per heavy atom. The third kappa shape index (κ3) is 4.69. The fourth-order valence-corrected chi connectivity index (χ4v) is 2.95. The van der Waals surface area contributed by atoms with E-state index in [0.717, 1.165) is 23.1 Å². The number of nitrogens with zero attached hydrogens (tertiary/aromatic N) is 2. The predicted octanol–water partition coefficient (Wildman–Crippen LogP) is 1.68. The van der Waals surface area contributed by atoms with Gasteiger partial charge in [0.1, 0.15) is 0 Å². The monoisotopic (exact) mass is 389 g/mol. The van der Waals surface area contributed by atoms with E-state index < -0.39 is 0 Å². The molecule has 1 aromatic carbocycles. The van der Waals surface area contributed by atoms with Gasteiger partial charge in [0.05, 0.1) is 12.1 Å². The van der Waals surface area contributed by atoms with Crippen molar-refractivity contribution in [3.05, 3.63) is 33.8 Å². The van der Waals surface area contributed by atoms with Crippen LogP contribution in [0.5, 0.6) is 0 Å². The van der Waals surface area contributed by atoms with Crippen molar-refractivity contribution in [2.24, 2.45) is 0 Å². The Morgan fingerprint density at radius 3 is 2.55 bits per heavy atom. The zero-order valence-electron chi connectivity index (χ0n) is 12.8. The molecule has 0 saturated carbocycles. The van der Waals surface area contributed by atoms with Crippen LogP contribution in [0.4, 0.5) is 0 Å². The molecule has 7 heteroatoms. The van der Waals surface area contributed by atoms with E-state index in [1.165, 1.54) is 4.90 Å². The summed E-state index contributed by atoms with van der Waals surface area (Å²) in [6.45, 7) is 5.11. The standard InChI is InChI=1S/C15H20BrN3O2.ClH/c1-11-3-4-12(13(16)9-11)15(21)18(2)10-14(20)19-7-5-17-6-8-19;/h3-4,9,17H,5-8,10H2,1-2H3;1H. The van der Waals surface area contributed by atoms with Crippen LogP contribution in [0.3, 0.4) is 0 Å². The molecule has 1 saturated heterocycles. The van der Waals surface area contributed by atoms with Gasteiger partial charge in [-0.05, 0) is 40.5 Å². The summed E-state index contributed by atoms with van der Waals surface area (Å²) in [4.78, 5) is 27.9. The van der Waals surface area contributed by atoms with Crippen LogP contribution in [0.25, 0.3) is 0 Å². The molecular formula is C15H21BrClN3O2. The molecule has 0 aromatic heterocycles. The van der Waals surface area contributed by atoms with Crippen molar-refractivity contribution in [3.8, 4) is 0 Å². The Bertz CT molecular complexity index is 548. The number of likely N-dealkylation sites (N-methyl/N-ethyl adjacent to an activating group) is 1. The molecule has 0 radical (unpaired) electrons. The van der Waals surface area contributed by atoms with Gasteiger partial charge >= 0.3 is 0 Å². The first-order chi connectivity index (χ1) is 9.99. The van der Waals surface area contributed by atoms with Gasteiger partial charge in [-0.2, -0.15) is 0 Å². The molecule has 22 heavy (non-hydrogen) atoms. The smallest absolute Gasteiger partial charge is 0.255 e. The summed E-state index contributed by atoms with van der Waals surface area (Å²) in [5.74, 6) is -0.152. The number of piperazine rings is 1. The highest BCUT2D eigenvalue weighted by Crippen LogP contribution is 2.19. The van der Waals surface area contributed by atoms with Crippen LogP contribution in [0.2, 0.25) is 0 Å². The molecule has 1 aliphatic rings. The Balaban J connectivity index is 0.00000242. The van der Waals surface area contributed by atoms with Crippen LogP contribution < -0.4 is 5.32 Å². The number of nitrogens with one attached hydrogen (secondary N) is 1. The summed E-state index contributed by atoms with van der Waals surface area (Å²) in [6.07, 6.45) is 0. The molecule has 0 spiro atoms. The van der Waals surface area contributed by atoms with E-state index in [1.807, 2.05) is 19.1 Å². The van der Waals surface area contributed by atoms with Gasteiger partial charge < -0.3 is 15.1 Å². The lowest BCUT2D eigenvalue weighted by atomic mass is 10.1. The Labute approximate surface area is 145 Å². The van der Waals surface area contributed by atoms with Gasteiger partial charge in [-0.3, -0.25) is 9.59 Å². The van der Waals surface area contributed by atoms with Crippen LogP contribution in [-0.2, 0) is 4.79 Å². The number of hydrogen-bond donors (Lipinski definition) is 1. The second-order valence-corrected chi connectivity index (χ2v) is 6.13. The lowest BCUT2D eigenvalue weighted by Gasteiger charge is -2.29. The van der Waals surface area contributed by atoms with Crippen molar-refractivity contribution in [2.45, 2.75) is 6.92 Å². The molecule has 5 nitrogen and oxygen atoms in total. The van der Waals surface area contributed by atoms with Crippen LogP contribution in [0.15, 0.2) is 22.7 Å². The maximum absolute atomic E-state index is 12.4. The Kier molecular flexibility index (Phi) is 7.32. The van der Waals surface area contributed by atoms with Gasteiger partial charge in [0.2, 0.25) is 5.91 Å². The van der Waals surface area contributed by atoms with Crippen molar-refractivity contribution >= 4 is 40.2 Å². The van der Waals surface area contributed by atoms with Crippen LogP contribution in [-0.4, -0.2) is 61.4 Å². The van der Waals surface area contributed by atoms with Gasteiger partial charge in [0.25, 0.3) is 5.91 Å². The van der Waals surface area contributed by atoms with E-state index in [2.05, 4.69) is 21.2 Å².